The van der Waals surface area contributed by atoms with E-state index in [0.29, 0.717) is 12.8 Å². The molecule has 22 heavy (non-hydrogen) atoms. The fourth-order valence-electron chi connectivity index (χ4n) is 3.38. The van der Waals surface area contributed by atoms with Crippen molar-refractivity contribution in [3.63, 3.8) is 0 Å². The average Bonchev–Trinajstić information content (AvgIpc) is 3.00. The summed E-state index contributed by atoms with van der Waals surface area (Å²) >= 11 is 0. The number of hydrogen-bond donors (Lipinski definition) is 3. The quantitative estimate of drug-likeness (QED) is 0.741. The normalized spacial score (nSPS) is 28.4. The first-order valence-electron chi connectivity index (χ1n) is 7.52. The van der Waals surface area contributed by atoms with Gasteiger partial charge < -0.3 is 20.9 Å². The van der Waals surface area contributed by atoms with Crippen LogP contribution >= 0.6 is 0 Å². The van der Waals surface area contributed by atoms with E-state index in [4.69, 9.17) is 10.5 Å². The van der Waals surface area contributed by atoms with Crippen LogP contribution in [-0.4, -0.2) is 41.1 Å². The van der Waals surface area contributed by atoms with E-state index in [1.54, 1.807) is 24.3 Å². The Kier molecular flexibility index (Phi) is 3.88. The predicted molar refractivity (Wildman–Crippen MR) is 79.3 cm³/mol. The van der Waals surface area contributed by atoms with Crippen LogP contribution in [-0.2, 0) is 20.7 Å². The van der Waals surface area contributed by atoms with E-state index in [0.717, 1.165) is 18.4 Å². The van der Waals surface area contributed by atoms with Crippen molar-refractivity contribution in [1.82, 2.24) is 5.32 Å². The van der Waals surface area contributed by atoms with E-state index in [-0.39, 0.29) is 30.2 Å². The SMILES string of the molecule is NC(Cc1cccc(O)c1)C(=O)NC12CCCC1OCC2=O. The molecule has 0 aromatic heterocycles. The molecule has 2 fully saturated rings. The van der Waals surface area contributed by atoms with Crippen molar-refractivity contribution >= 4 is 11.7 Å². The third-order valence-electron chi connectivity index (χ3n) is 4.55. The second-order valence-electron chi connectivity index (χ2n) is 6.06. The maximum atomic E-state index is 12.4. The van der Waals surface area contributed by atoms with E-state index in [9.17, 15) is 14.7 Å². The van der Waals surface area contributed by atoms with Crippen LogP contribution in [0, 0.1) is 0 Å². The molecule has 2 aliphatic rings. The Bertz CT molecular complexity index is 604. The Balaban J connectivity index is 1.67. The monoisotopic (exact) mass is 304 g/mol. The number of carbonyl (C=O) groups is 2. The summed E-state index contributed by atoms with van der Waals surface area (Å²) in [6.45, 7) is 0.0622. The van der Waals surface area contributed by atoms with Gasteiger partial charge in [0.25, 0.3) is 0 Å². The Hall–Kier alpha value is -1.92. The lowest BCUT2D eigenvalue weighted by Gasteiger charge is -2.28. The molecular formula is C16H20N2O4. The van der Waals surface area contributed by atoms with Gasteiger partial charge in [0.2, 0.25) is 5.91 Å². The average molecular weight is 304 g/mol. The number of phenols is 1. The van der Waals surface area contributed by atoms with Gasteiger partial charge in [-0.2, -0.15) is 0 Å². The van der Waals surface area contributed by atoms with Crippen molar-refractivity contribution in [2.24, 2.45) is 5.73 Å². The van der Waals surface area contributed by atoms with Gasteiger partial charge in [-0.25, -0.2) is 0 Å². The molecule has 1 saturated carbocycles. The number of phenolic OH excluding ortho intramolecular Hbond substituents is 1. The first kappa shape index (κ1) is 15.0. The van der Waals surface area contributed by atoms with Gasteiger partial charge in [0.1, 0.15) is 17.9 Å². The van der Waals surface area contributed by atoms with Crippen molar-refractivity contribution in [2.45, 2.75) is 43.4 Å². The number of ketones is 1. The maximum Gasteiger partial charge on any atom is 0.238 e. The molecule has 1 aliphatic carbocycles. The van der Waals surface area contributed by atoms with Crippen LogP contribution in [0.5, 0.6) is 5.75 Å². The second kappa shape index (κ2) is 5.70. The predicted octanol–water partition coefficient (Wildman–Crippen LogP) is 0.269. The molecule has 3 unspecified atom stereocenters. The standard InChI is InChI=1S/C16H20N2O4/c17-12(8-10-3-1-4-11(19)7-10)15(21)18-16-6-2-5-14(16)22-9-13(16)20/h1,3-4,7,12,14,19H,2,5-6,8-9,17H2,(H,18,21). The number of nitrogens with two attached hydrogens (primary N) is 1. The minimum absolute atomic E-state index is 0.0621. The van der Waals surface area contributed by atoms with Crippen LogP contribution in [0.25, 0.3) is 0 Å². The highest BCUT2D eigenvalue weighted by Crippen LogP contribution is 2.37. The zero-order chi connectivity index (χ0) is 15.7. The molecule has 6 heteroatoms. The van der Waals surface area contributed by atoms with Crippen molar-refractivity contribution in [2.75, 3.05) is 6.61 Å². The van der Waals surface area contributed by atoms with Crippen LogP contribution < -0.4 is 11.1 Å². The number of fused-ring (bicyclic) bond motifs is 1. The van der Waals surface area contributed by atoms with E-state index >= 15 is 0 Å². The van der Waals surface area contributed by atoms with Crippen LogP contribution in [0.2, 0.25) is 0 Å². The van der Waals surface area contributed by atoms with Crippen molar-refractivity contribution in [3.8, 4) is 5.75 Å². The summed E-state index contributed by atoms with van der Waals surface area (Å²) in [4.78, 5) is 24.5. The molecule has 118 valence electrons. The summed E-state index contributed by atoms with van der Waals surface area (Å²) in [5, 5.41) is 12.3. The third kappa shape index (κ3) is 2.60. The zero-order valence-electron chi connectivity index (χ0n) is 12.2. The number of nitrogens with one attached hydrogen (secondary N) is 1. The van der Waals surface area contributed by atoms with Gasteiger partial charge >= 0.3 is 0 Å². The van der Waals surface area contributed by atoms with Crippen molar-refractivity contribution < 1.29 is 19.4 Å². The van der Waals surface area contributed by atoms with Crippen LogP contribution in [0.4, 0.5) is 0 Å². The molecule has 0 radical (unpaired) electrons. The minimum atomic E-state index is -0.881. The smallest absolute Gasteiger partial charge is 0.238 e. The topological polar surface area (TPSA) is 102 Å². The lowest BCUT2D eigenvalue weighted by Crippen LogP contribution is -2.59. The summed E-state index contributed by atoms with van der Waals surface area (Å²) in [5.41, 5.74) is 5.85. The fraction of sp³-hybridized carbons (Fsp3) is 0.500. The van der Waals surface area contributed by atoms with E-state index in [2.05, 4.69) is 5.32 Å². The first-order chi connectivity index (χ1) is 10.5. The van der Waals surface area contributed by atoms with E-state index < -0.39 is 11.6 Å². The van der Waals surface area contributed by atoms with E-state index in [1.165, 1.54) is 0 Å². The summed E-state index contributed by atoms with van der Waals surface area (Å²) in [6.07, 6.45) is 2.33. The Labute approximate surface area is 128 Å². The lowest BCUT2D eigenvalue weighted by molar-refractivity contribution is -0.130. The van der Waals surface area contributed by atoms with E-state index in [1.807, 2.05) is 0 Å². The highest BCUT2D eigenvalue weighted by atomic mass is 16.5. The van der Waals surface area contributed by atoms with Crippen LogP contribution in [0.3, 0.4) is 0 Å². The van der Waals surface area contributed by atoms with Gasteiger partial charge in [0.15, 0.2) is 5.78 Å². The fourth-order valence-corrected chi connectivity index (χ4v) is 3.38. The van der Waals surface area contributed by atoms with Crippen LogP contribution in [0.1, 0.15) is 24.8 Å². The number of rotatable bonds is 4. The highest BCUT2D eigenvalue weighted by molar-refractivity contribution is 5.97. The number of amides is 1. The Morgan fingerprint density at radius 2 is 2.36 bits per heavy atom. The molecule has 1 saturated heterocycles. The maximum absolute atomic E-state index is 12.4. The van der Waals surface area contributed by atoms with Gasteiger partial charge in [0.05, 0.1) is 12.1 Å². The lowest BCUT2D eigenvalue weighted by atomic mass is 9.91. The van der Waals surface area contributed by atoms with Crippen molar-refractivity contribution in [1.29, 1.82) is 0 Å². The van der Waals surface area contributed by atoms with Crippen molar-refractivity contribution in [3.05, 3.63) is 29.8 Å². The summed E-state index contributed by atoms with van der Waals surface area (Å²) in [6, 6.07) is 5.87. The molecule has 4 N–H and O–H groups in total. The summed E-state index contributed by atoms with van der Waals surface area (Å²) < 4.78 is 5.47. The minimum Gasteiger partial charge on any atom is -0.508 e. The summed E-state index contributed by atoms with van der Waals surface area (Å²) in [7, 11) is 0. The third-order valence-corrected chi connectivity index (χ3v) is 4.55. The number of benzene rings is 1. The molecule has 3 atom stereocenters. The number of hydrogen-bond acceptors (Lipinski definition) is 5. The molecule has 3 rings (SSSR count). The van der Waals surface area contributed by atoms with Gasteiger partial charge in [-0.1, -0.05) is 12.1 Å². The van der Waals surface area contributed by atoms with Gasteiger partial charge in [-0.05, 0) is 43.4 Å². The number of aromatic hydroxyl groups is 1. The number of carbonyl (C=O) groups excluding carboxylic acids is 2. The Morgan fingerprint density at radius 3 is 3.14 bits per heavy atom. The van der Waals surface area contributed by atoms with Crippen LogP contribution in [0.15, 0.2) is 24.3 Å². The summed E-state index contributed by atoms with van der Waals surface area (Å²) in [5.74, 6) is -0.277. The molecule has 1 heterocycles. The van der Waals surface area contributed by atoms with Gasteiger partial charge in [0, 0.05) is 0 Å². The molecule has 6 nitrogen and oxygen atoms in total. The number of Topliss-reactive ketones (excluding diaryl/α,β-unsaturated/α-hetero) is 1. The zero-order valence-corrected chi connectivity index (χ0v) is 12.2. The molecule has 1 amide bonds. The molecule has 1 aromatic carbocycles. The van der Waals surface area contributed by atoms with Gasteiger partial charge in [-0.3, -0.25) is 9.59 Å². The number of ether oxygens (including phenoxy) is 1. The largest absolute Gasteiger partial charge is 0.508 e. The molecule has 1 aliphatic heterocycles. The first-order valence-corrected chi connectivity index (χ1v) is 7.52. The second-order valence-corrected chi connectivity index (χ2v) is 6.06. The Morgan fingerprint density at radius 1 is 1.55 bits per heavy atom. The highest BCUT2D eigenvalue weighted by Gasteiger charge is 2.55. The molecular weight excluding hydrogens is 284 g/mol. The molecule has 1 aromatic rings. The molecule has 0 spiro atoms. The van der Waals surface area contributed by atoms with Gasteiger partial charge in [-0.15, -0.1) is 0 Å². The molecule has 0 bridgehead atoms.